The summed E-state index contributed by atoms with van der Waals surface area (Å²) in [5.74, 6) is -0.772. The normalized spacial score (nSPS) is 49.9. The first-order valence-corrected chi connectivity index (χ1v) is 12.0. The highest BCUT2D eigenvalue weighted by atomic mass is 16.5. The Bertz CT molecular complexity index is 882. The van der Waals surface area contributed by atoms with Gasteiger partial charge in [0.2, 0.25) is 0 Å². The van der Waals surface area contributed by atoms with Crippen LogP contribution in [-0.2, 0) is 23.9 Å². The van der Waals surface area contributed by atoms with E-state index in [4.69, 9.17) is 9.47 Å². The van der Waals surface area contributed by atoms with E-state index < -0.39 is 16.6 Å². The largest absolute Gasteiger partial charge is 0.462 e. The van der Waals surface area contributed by atoms with Gasteiger partial charge in [0, 0.05) is 24.8 Å². The molecule has 4 aliphatic carbocycles. The van der Waals surface area contributed by atoms with Crippen LogP contribution in [0.5, 0.6) is 0 Å². The molecule has 0 amide bonds. The van der Waals surface area contributed by atoms with Gasteiger partial charge in [-0.15, -0.1) is 0 Å². The maximum atomic E-state index is 12.7. The summed E-state index contributed by atoms with van der Waals surface area (Å²) < 4.78 is 10.6. The van der Waals surface area contributed by atoms with Crippen molar-refractivity contribution in [3.8, 4) is 0 Å². The minimum atomic E-state index is -1.22. The highest BCUT2D eigenvalue weighted by molar-refractivity contribution is 5.85. The van der Waals surface area contributed by atoms with Crippen molar-refractivity contribution in [2.24, 2.45) is 28.6 Å². The second-order valence-electron chi connectivity index (χ2n) is 11.2. The molecule has 7 nitrogen and oxygen atoms in total. The molecular weight excluding hydrogens is 412 g/mol. The molecule has 0 aromatic heterocycles. The maximum absolute atomic E-state index is 12.7. The number of aliphatic hydroxyl groups is 2. The summed E-state index contributed by atoms with van der Waals surface area (Å²) in [4.78, 5) is 35.8. The van der Waals surface area contributed by atoms with Crippen molar-refractivity contribution in [2.75, 3.05) is 6.61 Å². The standard InChI is InChI=1S/C25H34O7/c1-15(27)32-17-3-8-23(14-26)19-4-7-22(2)18(16-11-21(28)31-13-16)6-10-25(22,30)20(19)5-9-24(23,29)12-17/h11,14,17-20,29-30H,3-10,12-13H2,1-2H3/t17?,18?,19-,20-,22?,23?,24?,25?/m1/s1. The van der Waals surface area contributed by atoms with Crippen LogP contribution in [-0.4, -0.2) is 52.4 Å². The number of carbonyl (C=O) groups is 3. The maximum Gasteiger partial charge on any atom is 0.331 e. The molecular formula is C25H34O7. The van der Waals surface area contributed by atoms with Crippen molar-refractivity contribution in [2.45, 2.75) is 88.9 Å². The number of esters is 2. The zero-order valence-electron chi connectivity index (χ0n) is 19.0. The van der Waals surface area contributed by atoms with Gasteiger partial charge in [0.25, 0.3) is 0 Å². The van der Waals surface area contributed by atoms with Crippen molar-refractivity contribution in [3.05, 3.63) is 11.6 Å². The minimum Gasteiger partial charge on any atom is -0.462 e. The lowest BCUT2D eigenvalue weighted by molar-refractivity contribution is -0.249. The van der Waals surface area contributed by atoms with Gasteiger partial charge in [0.15, 0.2) is 0 Å². The van der Waals surface area contributed by atoms with Crippen molar-refractivity contribution >= 4 is 18.2 Å². The predicted molar refractivity (Wildman–Crippen MR) is 113 cm³/mol. The molecule has 1 heterocycles. The number of rotatable bonds is 3. The Morgan fingerprint density at radius 3 is 2.53 bits per heavy atom. The summed E-state index contributed by atoms with van der Waals surface area (Å²) in [5.41, 5.74) is -2.50. The van der Waals surface area contributed by atoms with Gasteiger partial charge in [-0.1, -0.05) is 6.92 Å². The number of carbonyl (C=O) groups excluding carboxylic acids is 3. The molecule has 8 atom stereocenters. The SMILES string of the molecule is CC(=O)OC1CCC2(C=O)[C@@H]3CCC4(C)C(C5=CC(=O)OC5)CCC4(O)[C@@H]3CCC2(O)C1. The summed E-state index contributed by atoms with van der Waals surface area (Å²) in [6.07, 6.45) is 7.44. The zero-order valence-corrected chi connectivity index (χ0v) is 19.0. The highest BCUT2D eigenvalue weighted by Crippen LogP contribution is 2.70. The summed E-state index contributed by atoms with van der Waals surface area (Å²) in [7, 11) is 0. The Morgan fingerprint density at radius 1 is 1.12 bits per heavy atom. The Labute approximate surface area is 188 Å². The van der Waals surface area contributed by atoms with Gasteiger partial charge in [-0.3, -0.25) is 4.79 Å². The van der Waals surface area contributed by atoms with Gasteiger partial charge in [-0.2, -0.15) is 0 Å². The number of aldehydes is 1. The van der Waals surface area contributed by atoms with E-state index in [0.717, 1.165) is 31.1 Å². The lowest BCUT2D eigenvalue weighted by Crippen LogP contribution is -2.69. The van der Waals surface area contributed by atoms with E-state index in [2.05, 4.69) is 6.92 Å². The van der Waals surface area contributed by atoms with Gasteiger partial charge >= 0.3 is 11.9 Å². The number of cyclic esters (lactones) is 1. The molecule has 4 saturated carbocycles. The zero-order chi connectivity index (χ0) is 22.9. The van der Waals surface area contributed by atoms with Crippen LogP contribution in [0.2, 0.25) is 0 Å². The molecule has 2 N–H and O–H groups in total. The molecule has 4 fully saturated rings. The lowest BCUT2D eigenvalue weighted by Gasteiger charge is -2.65. The van der Waals surface area contributed by atoms with Crippen LogP contribution in [0.1, 0.15) is 71.6 Å². The first-order chi connectivity index (χ1) is 15.1. The molecule has 6 unspecified atom stereocenters. The van der Waals surface area contributed by atoms with Crippen LogP contribution >= 0.6 is 0 Å². The molecule has 0 spiro atoms. The Morgan fingerprint density at radius 2 is 1.88 bits per heavy atom. The van der Waals surface area contributed by atoms with Crippen molar-refractivity contribution in [1.29, 1.82) is 0 Å². The van der Waals surface area contributed by atoms with Crippen LogP contribution in [0.25, 0.3) is 0 Å². The molecule has 1 aliphatic heterocycles. The van der Waals surface area contributed by atoms with Crippen molar-refractivity contribution < 1.29 is 34.1 Å². The summed E-state index contributed by atoms with van der Waals surface area (Å²) >= 11 is 0. The number of hydrogen-bond donors (Lipinski definition) is 2. The smallest absolute Gasteiger partial charge is 0.331 e. The second kappa shape index (κ2) is 7.13. The monoisotopic (exact) mass is 446 g/mol. The quantitative estimate of drug-likeness (QED) is 0.506. The molecule has 0 aromatic carbocycles. The molecule has 5 aliphatic rings. The highest BCUT2D eigenvalue weighted by Gasteiger charge is 2.71. The van der Waals surface area contributed by atoms with Crippen LogP contribution in [0.4, 0.5) is 0 Å². The van der Waals surface area contributed by atoms with E-state index in [1.807, 2.05) is 0 Å². The van der Waals surface area contributed by atoms with Gasteiger partial charge in [0.05, 0.1) is 16.6 Å². The van der Waals surface area contributed by atoms with Crippen LogP contribution in [0.3, 0.4) is 0 Å². The molecule has 0 saturated heterocycles. The van der Waals surface area contributed by atoms with E-state index in [9.17, 15) is 24.6 Å². The number of hydrogen-bond acceptors (Lipinski definition) is 7. The number of ether oxygens (including phenoxy) is 2. The first-order valence-electron chi connectivity index (χ1n) is 12.0. The predicted octanol–water partition coefficient (Wildman–Crippen LogP) is 2.47. The van der Waals surface area contributed by atoms with Gasteiger partial charge in [-0.05, 0) is 74.7 Å². The molecule has 0 aromatic rings. The third-order valence-corrected chi connectivity index (χ3v) is 10.2. The molecule has 7 heteroatoms. The van der Waals surface area contributed by atoms with E-state index in [-0.39, 0.29) is 47.6 Å². The van der Waals surface area contributed by atoms with E-state index in [0.29, 0.717) is 38.7 Å². The summed E-state index contributed by atoms with van der Waals surface area (Å²) in [5, 5.41) is 23.9. The topological polar surface area (TPSA) is 110 Å². The Balaban J connectivity index is 1.46. The summed E-state index contributed by atoms with van der Waals surface area (Å²) in [6.45, 7) is 3.81. The van der Waals surface area contributed by atoms with Crippen LogP contribution < -0.4 is 0 Å². The van der Waals surface area contributed by atoms with Crippen molar-refractivity contribution in [1.82, 2.24) is 0 Å². The lowest BCUT2D eigenvalue weighted by atomic mass is 9.41. The summed E-state index contributed by atoms with van der Waals surface area (Å²) in [6, 6.07) is 0. The van der Waals surface area contributed by atoms with Crippen LogP contribution in [0.15, 0.2) is 11.6 Å². The molecule has 32 heavy (non-hydrogen) atoms. The van der Waals surface area contributed by atoms with Gasteiger partial charge < -0.3 is 24.5 Å². The Kier molecular flexibility index (Phi) is 4.92. The van der Waals surface area contributed by atoms with Crippen molar-refractivity contribution in [3.63, 3.8) is 0 Å². The third kappa shape index (κ3) is 2.76. The molecule has 176 valence electrons. The third-order valence-electron chi connectivity index (χ3n) is 10.2. The fraction of sp³-hybridized carbons (Fsp3) is 0.800. The number of fused-ring (bicyclic) bond motifs is 5. The molecule has 0 bridgehead atoms. The first kappa shape index (κ1) is 22.1. The molecule has 0 radical (unpaired) electrons. The fourth-order valence-electron chi connectivity index (χ4n) is 8.65. The molecule has 5 rings (SSSR count). The van der Waals surface area contributed by atoms with Crippen LogP contribution in [0, 0.1) is 28.6 Å². The van der Waals surface area contributed by atoms with Gasteiger partial charge in [0.1, 0.15) is 19.0 Å². The van der Waals surface area contributed by atoms with E-state index >= 15 is 0 Å². The van der Waals surface area contributed by atoms with E-state index in [1.165, 1.54) is 6.92 Å². The van der Waals surface area contributed by atoms with Gasteiger partial charge in [-0.25, -0.2) is 4.79 Å². The average molecular weight is 447 g/mol. The minimum absolute atomic E-state index is 0.0828. The average Bonchev–Trinajstić information content (AvgIpc) is 3.27. The second-order valence-corrected chi connectivity index (χ2v) is 11.2. The fourth-order valence-corrected chi connectivity index (χ4v) is 8.65. The Hall–Kier alpha value is -1.73. The van der Waals surface area contributed by atoms with E-state index in [1.54, 1.807) is 6.08 Å².